The Kier molecular flexibility index (Phi) is 5.31. The molecule has 1 fully saturated rings. The van der Waals surface area contributed by atoms with Crippen LogP contribution in [0, 0.1) is 0 Å². The van der Waals surface area contributed by atoms with Crippen LogP contribution in [0.3, 0.4) is 0 Å². The van der Waals surface area contributed by atoms with Crippen molar-refractivity contribution in [2.24, 2.45) is 0 Å². The number of nitrogens with one attached hydrogen (secondary N) is 1. The topological polar surface area (TPSA) is 52.7 Å². The lowest BCUT2D eigenvalue weighted by Crippen LogP contribution is -2.49. The first-order chi connectivity index (χ1) is 14.0. The predicted octanol–water partition coefficient (Wildman–Crippen LogP) is 2.99. The van der Waals surface area contributed by atoms with Crippen LogP contribution in [0.1, 0.15) is 41.3 Å². The van der Waals surface area contributed by atoms with Crippen LogP contribution in [0.5, 0.6) is 0 Å². The number of likely N-dealkylation sites (N-methyl/N-ethyl adjacent to an activating group) is 1. The van der Waals surface area contributed by atoms with E-state index in [1.807, 2.05) is 29.2 Å². The highest BCUT2D eigenvalue weighted by Crippen LogP contribution is 2.45. The van der Waals surface area contributed by atoms with Crippen molar-refractivity contribution in [3.63, 3.8) is 0 Å². The lowest BCUT2D eigenvalue weighted by Gasteiger charge is -2.40. The average Bonchev–Trinajstić information content (AvgIpc) is 2.99. The summed E-state index contributed by atoms with van der Waals surface area (Å²) in [7, 11) is 2.10. The van der Waals surface area contributed by atoms with Crippen LogP contribution in [0.2, 0.25) is 0 Å². The third-order valence-corrected chi connectivity index (χ3v) is 6.35. The van der Waals surface area contributed by atoms with Crippen molar-refractivity contribution in [2.75, 3.05) is 38.1 Å². The number of hydrogen-bond donors (Lipinski definition) is 1. The number of rotatable bonds is 4. The fraction of sp³-hybridized carbons (Fsp3) is 0.417. The second-order valence-electron chi connectivity index (χ2n) is 8.40. The van der Waals surface area contributed by atoms with E-state index in [0.717, 1.165) is 38.9 Å². The molecule has 1 spiro atoms. The second kappa shape index (κ2) is 7.90. The number of likely N-dealkylation sites (tertiary alicyclic amines) is 1. The van der Waals surface area contributed by atoms with Gasteiger partial charge in [-0.3, -0.25) is 9.59 Å². The van der Waals surface area contributed by atoms with Gasteiger partial charge >= 0.3 is 0 Å². The number of fused-ring (bicyclic) bond motifs is 2. The van der Waals surface area contributed by atoms with Crippen molar-refractivity contribution in [3.8, 4) is 0 Å². The monoisotopic (exact) mass is 391 g/mol. The summed E-state index contributed by atoms with van der Waals surface area (Å²) in [6.07, 6.45) is 2.87. The third-order valence-electron chi connectivity index (χ3n) is 6.35. The fourth-order valence-corrected chi connectivity index (χ4v) is 4.88. The molecule has 5 heteroatoms. The normalized spacial score (nSPS) is 20.6. The quantitative estimate of drug-likeness (QED) is 0.872. The molecule has 2 aliphatic heterocycles. The predicted molar refractivity (Wildman–Crippen MR) is 115 cm³/mol. The number of nitrogens with zero attached hydrogens (tertiary/aromatic N) is 2. The van der Waals surface area contributed by atoms with Crippen molar-refractivity contribution in [3.05, 3.63) is 65.2 Å². The molecular formula is C24H29N3O2. The summed E-state index contributed by atoms with van der Waals surface area (Å²) in [5.74, 6) is 0.0997. The first-order valence-corrected chi connectivity index (χ1v) is 10.4. The summed E-state index contributed by atoms with van der Waals surface area (Å²) >= 11 is 0. The average molecular weight is 392 g/mol. The molecular weight excluding hydrogens is 362 g/mol. The summed E-state index contributed by atoms with van der Waals surface area (Å²) in [5.41, 5.74) is 4.23. The molecule has 2 aliphatic rings. The van der Waals surface area contributed by atoms with Gasteiger partial charge in [-0.1, -0.05) is 30.3 Å². The van der Waals surface area contributed by atoms with Crippen LogP contribution in [-0.2, 0) is 16.6 Å². The molecule has 4 rings (SSSR count). The first kappa shape index (κ1) is 19.5. The standard InChI is InChI=1S/C24H29N3O2/c1-18(28)27-14-6-12-24(17-27)16-26(2)22-10-9-20(15-21(22)24)23(29)25-13-11-19-7-4-3-5-8-19/h3-5,7-10,15H,6,11-14,16-17H2,1-2H3,(H,25,29). The molecule has 29 heavy (non-hydrogen) atoms. The first-order valence-electron chi connectivity index (χ1n) is 10.4. The maximum atomic E-state index is 12.8. The molecule has 2 aromatic carbocycles. The Hall–Kier alpha value is -2.82. The SMILES string of the molecule is CC(=O)N1CCCC2(C1)CN(C)c1ccc(C(=O)NCCc3ccccc3)cc12. The van der Waals surface area contributed by atoms with Gasteiger partial charge in [-0.15, -0.1) is 0 Å². The Bertz CT molecular complexity index is 912. The van der Waals surface area contributed by atoms with E-state index in [9.17, 15) is 9.59 Å². The zero-order valence-electron chi connectivity index (χ0n) is 17.3. The van der Waals surface area contributed by atoms with Gasteiger partial charge in [0, 0.05) is 56.8 Å². The zero-order chi connectivity index (χ0) is 20.4. The molecule has 2 amide bonds. The van der Waals surface area contributed by atoms with Gasteiger partial charge in [0.15, 0.2) is 0 Å². The minimum atomic E-state index is -0.0751. The third kappa shape index (κ3) is 3.86. The molecule has 2 heterocycles. The molecule has 1 saturated heterocycles. The van der Waals surface area contributed by atoms with Gasteiger partial charge in [-0.2, -0.15) is 0 Å². The molecule has 5 nitrogen and oxygen atoms in total. The van der Waals surface area contributed by atoms with Gasteiger partial charge in [-0.25, -0.2) is 0 Å². The van der Waals surface area contributed by atoms with Crippen LogP contribution in [-0.4, -0.2) is 49.9 Å². The molecule has 0 radical (unpaired) electrons. The van der Waals surface area contributed by atoms with Crippen LogP contribution in [0.4, 0.5) is 5.69 Å². The Morgan fingerprint density at radius 3 is 2.66 bits per heavy atom. The van der Waals surface area contributed by atoms with Crippen molar-refractivity contribution in [1.82, 2.24) is 10.2 Å². The van der Waals surface area contributed by atoms with Gasteiger partial charge in [-0.05, 0) is 48.6 Å². The minimum absolute atomic E-state index is 0.0346. The molecule has 0 aromatic heterocycles. The fourth-order valence-electron chi connectivity index (χ4n) is 4.88. The summed E-state index contributed by atoms with van der Waals surface area (Å²) in [5, 5.41) is 3.05. The number of anilines is 1. The van der Waals surface area contributed by atoms with E-state index in [1.54, 1.807) is 6.92 Å². The summed E-state index contributed by atoms with van der Waals surface area (Å²) in [4.78, 5) is 29.0. The van der Waals surface area contributed by atoms with Gasteiger partial charge < -0.3 is 15.1 Å². The van der Waals surface area contributed by atoms with E-state index in [1.165, 1.54) is 16.8 Å². The lowest BCUT2D eigenvalue weighted by molar-refractivity contribution is -0.130. The van der Waals surface area contributed by atoms with Crippen LogP contribution >= 0.6 is 0 Å². The highest BCUT2D eigenvalue weighted by atomic mass is 16.2. The minimum Gasteiger partial charge on any atom is -0.373 e. The number of hydrogen-bond acceptors (Lipinski definition) is 3. The van der Waals surface area contributed by atoms with Gasteiger partial charge in [0.2, 0.25) is 5.91 Å². The smallest absolute Gasteiger partial charge is 0.251 e. The molecule has 0 aliphatic carbocycles. The summed E-state index contributed by atoms with van der Waals surface area (Å²) in [6.45, 7) is 4.72. The van der Waals surface area contributed by atoms with E-state index in [0.29, 0.717) is 12.1 Å². The Labute approximate surface area is 172 Å². The summed E-state index contributed by atoms with van der Waals surface area (Å²) < 4.78 is 0. The summed E-state index contributed by atoms with van der Waals surface area (Å²) in [6, 6.07) is 16.2. The molecule has 2 aromatic rings. The van der Waals surface area contributed by atoms with Crippen molar-refractivity contribution < 1.29 is 9.59 Å². The molecule has 1 N–H and O–H groups in total. The largest absolute Gasteiger partial charge is 0.373 e. The molecule has 1 atom stereocenters. The van der Waals surface area contributed by atoms with E-state index < -0.39 is 0 Å². The van der Waals surface area contributed by atoms with Crippen LogP contribution in [0.25, 0.3) is 0 Å². The Morgan fingerprint density at radius 1 is 1.10 bits per heavy atom. The van der Waals surface area contributed by atoms with Gasteiger partial charge in [0.25, 0.3) is 5.91 Å². The number of piperidine rings is 1. The number of carbonyl (C=O) groups excluding carboxylic acids is 2. The lowest BCUT2D eigenvalue weighted by atomic mass is 9.75. The molecule has 0 bridgehead atoms. The highest BCUT2D eigenvalue weighted by Gasteiger charge is 2.45. The maximum absolute atomic E-state index is 12.8. The van der Waals surface area contributed by atoms with E-state index in [4.69, 9.17) is 0 Å². The maximum Gasteiger partial charge on any atom is 0.251 e. The number of amides is 2. The molecule has 1 unspecified atom stereocenters. The van der Waals surface area contributed by atoms with Crippen molar-refractivity contribution in [1.29, 1.82) is 0 Å². The second-order valence-corrected chi connectivity index (χ2v) is 8.40. The van der Waals surface area contributed by atoms with Gasteiger partial charge in [0.1, 0.15) is 0 Å². The molecule has 0 saturated carbocycles. The Morgan fingerprint density at radius 2 is 1.90 bits per heavy atom. The number of carbonyl (C=O) groups is 2. The van der Waals surface area contributed by atoms with Gasteiger partial charge in [0.05, 0.1) is 0 Å². The van der Waals surface area contributed by atoms with Crippen LogP contribution in [0.15, 0.2) is 48.5 Å². The molecule has 152 valence electrons. The van der Waals surface area contributed by atoms with Crippen LogP contribution < -0.4 is 10.2 Å². The van der Waals surface area contributed by atoms with Crippen molar-refractivity contribution >= 4 is 17.5 Å². The van der Waals surface area contributed by atoms with E-state index in [-0.39, 0.29) is 17.2 Å². The highest BCUT2D eigenvalue weighted by molar-refractivity contribution is 5.95. The van der Waals surface area contributed by atoms with E-state index >= 15 is 0 Å². The zero-order valence-corrected chi connectivity index (χ0v) is 17.3. The van der Waals surface area contributed by atoms with E-state index in [2.05, 4.69) is 41.5 Å². The number of benzene rings is 2. The Balaban J connectivity index is 1.51. The van der Waals surface area contributed by atoms with Crippen molar-refractivity contribution in [2.45, 2.75) is 31.6 Å².